The van der Waals surface area contributed by atoms with Gasteiger partial charge in [-0.1, -0.05) is 24.3 Å². The summed E-state index contributed by atoms with van der Waals surface area (Å²) in [6.45, 7) is 0. The summed E-state index contributed by atoms with van der Waals surface area (Å²) in [6.07, 6.45) is 0. The first kappa shape index (κ1) is 16.1. The lowest BCUT2D eigenvalue weighted by Crippen LogP contribution is -2.13. The fourth-order valence-corrected chi connectivity index (χ4v) is 3.86. The van der Waals surface area contributed by atoms with Crippen LogP contribution in [0.4, 0.5) is 11.4 Å². The summed E-state index contributed by atoms with van der Waals surface area (Å²) in [6, 6.07) is 17.5. The minimum atomic E-state index is -3.70. The normalized spacial score (nSPS) is 11.2. The zero-order valence-corrected chi connectivity index (χ0v) is 14.2. The van der Waals surface area contributed by atoms with E-state index < -0.39 is 10.0 Å². The van der Waals surface area contributed by atoms with Gasteiger partial charge in [-0.25, -0.2) is 8.42 Å². The van der Waals surface area contributed by atoms with E-state index in [4.69, 9.17) is 4.74 Å². The van der Waals surface area contributed by atoms with E-state index in [2.05, 4.69) is 10.0 Å². The molecule has 0 aromatic heterocycles. The molecule has 0 saturated carbocycles. The van der Waals surface area contributed by atoms with E-state index in [0.717, 1.165) is 11.1 Å². The molecule has 0 aliphatic rings. The molecule has 0 amide bonds. The van der Waals surface area contributed by atoms with Gasteiger partial charge in [-0.3, -0.25) is 4.72 Å². The van der Waals surface area contributed by atoms with E-state index in [0.29, 0.717) is 16.8 Å². The van der Waals surface area contributed by atoms with Crippen LogP contribution in [0.1, 0.15) is 0 Å². The van der Waals surface area contributed by atoms with Gasteiger partial charge in [0.05, 0.1) is 12.0 Å². The molecule has 3 aromatic rings. The van der Waals surface area contributed by atoms with Crippen LogP contribution >= 0.6 is 0 Å². The van der Waals surface area contributed by atoms with Crippen molar-refractivity contribution in [1.29, 1.82) is 0 Å². The average Bonchev–Trinajstić information content (AvgIpc) is 2.61. The van der Waals surface area contributed by atoms with Crippen molar-refractivity contribution in [2.45, 2.75) is 4.90 Å². The monoisotopic (exact) mass is 342 g/mol. The highest BCUT2D eigenvalue weighted by Crippen LogP contribution is 2.30. The van der Waals surface area contributed by atoms with E-state index in [9.17, 15) is 8.42 Å². The maximum Gasteiger partial charge on any atom is 0.262 e. The predicted octanol–water partition coefficient (Wildman–Crippen LogP) is 3.69. The van der Waals surface area contributed by atoms with Gasteiger partial charge in [0.25, 0.3) is 10.0 Å². The Kier molecular flexibility index (Phi) is 4.31. The zero-order chi connectivity index (χ0) is 17.2. The van der Waals surface area contributed by atoms with Crippen molar-refractivity contribution in [2.24, 2.45) is 0 Å². The van der Waals surface area contributed by atoms with Crippen molar-refractivity contribution in [2.75, 3.05) is 24.2 Å². The second kappa shape index (κ2) is 6.41. The largest absolute Gasteiger partial charge is 0.497 e. The Morgan fingerprint density at radius 3 is 2.17 bits per heavy atom. The van der Waals surface area contributed by atoms with E-state index in [-0.39, 0.29) is 4.90 Å². The highest BCUT2D eigenvalue weighted by Gasteiger charge is 2.18. The van der Waals surface area contributed by atoms with Crippen molar-refractivity contribution in [3.8, 4) is 5.75 Å². The Hall–Kier alpha value is -2.73. The van der Waals surface area contributed by atoms with Crippen LogP contribution in [0, 0.1) is 0 Å². The smallest absolute Gasteiger partial charge is 0.262 e. The molecule has 0 aliphatic carbocycles. The Morgan fingerprint density at radius 1 is 0.875 bits per heavy atom. The molecule has 0 spiro atoms. The van der Waals surface area contributed by atoms with E-state index in [1.165, 1.54) is 0 Å². The van der Waals surface area contributed by atoms with Crippen molar-refractivity contribution in [3.05, 3.63) is 60.7 Å². The lowest BCUT2D eigenvalue weighted by molar-refractivity contribution is 0.415. The van der Waals surface area contributed by atoms with Crippen LogP contribution in [0.5, 0.6) is 5.75 Å². The van der Waals surface area contributed by atoms with Gasteiger partial charge < -0.3 is 10.1 Å². The number of ether oxygens (including phenoxy) is 1. The van der Waals surface area contributed by atoms with Gasteiger partial charge in [0.15, 0.2) is 0 Å². The summed E-state index contributed by atoms with van der Waals surface area (Å²) in [5.41, 5.74) is 1.37. The van der Waals surface area contributed by atoms with Gasteiger partial charge in [-0.2, -0.15) is 0 Å². The Labute approximate surface area is 141 Å². The van der Waals surface area contributed by atoms with Gasteiger partial charge in [0, 0.05) is 29.2 Å². The molecule has 3 aromatic carbocycles. The number of nitrogens with one attached hydrogen (secondary N) is 2. The zero-order valence-electron chi connectivity index (χ0n) is 13.4. The van der Waals surface area contributed by atoms with Gasteiger partial charge in [-0.15, -0.1) is 0 Å². The van der Waals surface area contributed by atoms with Crippen LogP contribution in [-0.4, -0.2) is 22.6 Å². The Bertz CT molecular complexity index is 967. The van der Waals surface area contributed by atoms with E-state index >= 15 is 0 Å². The molecule has 0 radical (unpaired) electrons. The lowest BCUT2D eigenvalue weighted by Gasteiger charge is -2.13. The first-order valence-corrected chi connectivity index (χ1v) is 8.90. The fraction of sp³-hybridized carbons (Fsp3) is 0.111. The third-order valence-electron chi connectivity index (χ3n) is 3.79. The van der Waals surface area contributed by atoms with Crippen LogP contribution in [0.2, 0.25) is 0 Å². The molecular formula is C18H18N2O3S. The quantitative estimate of drug-likeness (QED) is 0.742. The standard InChI is InChI=1S/C18H18N2O3S/c1-19-17-11-12-18(16-6-4-3-5-15(16)17)24(21,22)20-13-7-9-14(23-2)10-8-13/h3-12,19-20H,1-2H3. The molecule has 5 nitrogen and oxygen atoms in total. The summed E-state index contributed by atoms with van der Waals surface area (Å²) in [5, 5.41) is 4.61. The molecule has 0 saturated heterocycles. The number of benzene rings is 3. The number of hydrogen-bond acceptors (Lipinski definition) is 4. The number of methoxy groups -OCH3 is 1. The van der Waals surface area contributed by atoms with Crippen LogP contribution in [0.15, 0.2) is 65.6 Å². The molecule has 0 fully saturated rings. The first-order valence-electron chi connectivity index (χ1n) is 7.41. The maximum atomic E-state index is 12.8. The van der Waals surface area contributed by atoms with Crippen molar-refractivity contribution >= 4 is 32.2 Å². The lowest BCUT2D eigenvalue weighted by atomic mass is 10.1. The molecule has 6 heteroatoms. The minimum absolute atomic E-state index is 0.243. The summed E-state index contributed by atoms with van der Waals surface area (Å²) < 4.78 is 33.3. The number of hydrogen-bond donors (Lipinski definition) is 2. The third-order valence-corrected chi connectivity index (χ3v) is 5.22. The van der Waals surface area contributed by atoms with Crippen molar-refractivity contribution < 1.29 is 13.2 Å². The average molecular weight is 342 g/mol. The van der Waals surface area contributed by atoms with Gasteiger partial charge in [-0.05, 0) is 36.4 Å². The van der Waals surface area contributed by atoms with Crippen LogP contribution in [0.25, 0.3) is 10.8 Å². The van der Waals surface area contributed by atoms with Gasteiger partial charge in [0.2, 0.25) is 0 Å². The topological polar surface area (TPSA) is 67.4 Å². The maximum absolute atomic E-state index is 12.8. The van der Waals surface area contributed by atoms with Gasteiger partial charge in [0.1, 0.15) is 5.75 Å². The second-order valence-corrected chi connectivity index (χ2v) is 6.89. The number of fused-ring (bicyclic) bond motifs is 1. The molecule has 0 aliphatic heterocycles. The van der Waals surface area contributed by atoms with E-state index in [1.807, 2.05) is 25.2 Å². The first-order chi connectivity index (χ1) is 11.5. The summed E-state index contributed by atoms with van der Waals surface area (Å²) in [7, 11) is -0.328. The molecule has 0 unspecified atom stereocenters. The van der Waals surface area contributed by atoms with E-state index in [1.54, 1.807) is 49.6 Å². The number of rotatable bonds is 5. The summed E-state index contributed by atoms with van der Waals surface area (Å²) in [5.74, 6) is 0.668. The molecule has 2 N–H and O–H groups in total. The molecule has 24 heavy (non-hydrogen) atoms. The highest BCUT2D eigenvalue weighted by atomic mass is 32.2. The molecular weight excluding hydrogens is 324 g/mol. The molecule has 3 rings (SSSR count). The predicted molar refractivity (Wildman–Crippen MR) is 97.3 cm³/mol. The Balaban J connectivity index is 2.05. The van der Waals surface area contributed by atoms with Gasteiger partial charge >= 0.3 is 0 Å². The molecule has 0 bridgehead atoms. The summed E-state index contributed by atoms with van der Waals surface area (Å²) >= 11 is 0. The van der Waals surface area contributed by atoms with Crippen molar-refractivity contribution in [1.82, 2.24) is 0 Å². The van der Waals surface area contributed by atoms with Crippen LogP contribution < -0.4 is 14.8 Å². The number of anilines is 2. The van der Waals surface area contributed by atoms with Crippen LogP contribution in [0.3, 0.4) is 0 Å². The third kappa shape index (κ3) is 3.00. The van der Waals surface area contributed by atoms with Crippen LogP contribution in [-0.2, 0) is 10.0 Å². The second-order valence-electron chi connectivity index (χ2n) is 5.24. The number of sulfonamides is 1. The SMILES string of the molecule is CNc1ccc(S(=O)(=O)Nc2ccc(OC)cc2)c2ccccc12. The molecule has 124 valence electrons. The van der Waals surface area contributed by atoms with Crippen molar-refractivity contribution in [3.63, 3.8) is 0 Å². The minimum Gasteiger partial charge on any atom is -0.497 e. The highest BCUT2D eigenvalue weighted by molar-refractivity contribution is 7.93. The molecule has 0 atom stereocenters. The summed E-state index contributed by atoms with van der Waals surface area (Å²) in [4.78, 5) is 0.243. The molecule has 0 heterocycles. The fourth-order valence-electron chi connectivity index (χ4n) is 2.59. The Morgan fingerprint density at radius 2 is 1.54 bits per heavy atom.